The summed E-state index contributed by atoms with van der Waals surface area (Å²) in [6.45, 7) is 1.82. The molecule has 0 aliphatic rings. The first-order valence-electron chi connectivity index (χ1n) is 5.24. The third-order valence-corrected chi connectivity index (χ3v) is 3.60. The summed E-state index contributed by atoms with van der Waals surface area (Å²) in [5, 5.41) is 12.1. The number of hydrogen-bond donors (Lipinski definition) is 0. The van der Waals surface area contributed by atoms with Crippen molar-refractivity contribution in [2.75, 3.05) is 0 Å². The maximum absolute atomic E-state index is 12.2. The van der Waals surface area contributed by atoms with Gasteiger partial charge in [-0.05, 0) is 18.6 Å². The van der Waals surface area contributed by atoms with E-state index in [1.54, 1.807) is 29.6 Å². The van der Waals surface area contributed by atoms with Gasteiger partial charge in [-0.1, -0.05) is 29.8 Å². The Balaban J connectivity index is 2.39. The van der Waals surface area contributed by atoms with Crippen LogP contribution in [-0.2, 0) is 0 Å². The number of aromatic nitrogens is 1. The molecule has 3 nitrogen and oxygen atoms in total. The molecule has 0 spiro atoms. The Morgan fingerprint density at radius 3 is 2.78 bits per heavy atom. The highest BCUT2D eigenvalue weighted by Crippen LogP contribution is 2.27. The first-order chi connectivity index (χ1) is 8.63. The molecule has 0 saturated carbocycles. The average molecular weight is 277 g/mol. The average Bonchev–Trinajstić information content (AvgIpc) is 2.79. The Bertz CT molecular complexity index is 630. The van der Waals surface area contributed by atoms with Crippen molar-refractivity contribution >= 4 is 28.7 Å². The van der Waals surface area contributed by atoms with Crippen molar-refractivity contribution in [2.24, 2.45) is 0 Å². The van der Waals surface area contributed by atoms with Crippen LogP contribution < -0.4 is 0 Å². The van der Waals surface area contributed by atoms with Gasteiger partial charge in [0.15, 0.2) is 0 Å². The highest BCUT2D eigenvalue weighted by atomic mass is 35.5. The Morgan fingerprint density at radius 2 is 2.22 bits per heavy atom. The highest BCUT2D eigenvalue weighted by Gasteiger charge is 2.25. The minimum Gasteiger partial charge on any atom is -0.291 e. The molecule has 0 bridgehead atoms. The van der Waals surface area contributed by atoms with Crippen molar-refractivity contribution in [2.45, 2.75) is 12.8 Å². The number of hydrogen-bond acceptors (Lipinski definition) is 4. The topological polar surface area (TPSA) is 53.8 Å². The summed E-state index contributed by atoms with van der Waals surface area (Å²) < 4.78 is 0. The van der Waals surface area contributed by atoms with Crippen LogP contribution in [0.3, 0.4) is 0 Å². The molecule has 2 rings (SSSR count). The second-order valence-electron chi connectivity index (χ2n) is 3.70. The van der Waals surface area contributed by atoms with E-state index in [1.807, 2.05) is 13.0 Å². The lowest BCUT2D eigenvalue weighted by Crippen LogP contribution is -2.12. The van der Waals surface area contributed by atoms with Gasteiger partial charge >= 0.3 is 0 Å². The molecule has 0 radical (unpaired) electrons. The molecule has 2 aromatic rings. The molecule has 0 N–H and O–H groups in total. The number of rotatable bonds is 3. The van der Waals surface area contributed by atoms with Crippen molar-refractivity contribution in [3.05, 3.63) is 50.9 Å². The van der Waals surface area contributed by atoms with E-state index in [4.69, 9.17) is 11.6 Å². The van der Waals surface area contributed by atoms with Crippen molar-refractivity contribution in [3.63, 3.8) is 0 Å². The molecule has 1 aromatic carbocycles. The summed E-state index contributed by atoms with van der Waals surface area (Å²) in [6.07, 6.45) is 0. The predicted molar refractivity (Wildman–Crippen MR) is 71.0 cm³/mol. The van der Waals surface area contributed by atoms with Crippen LogP contribution in [0, 0.1) is 18.3 Å². The van der Waals surface area contributed by atoms with Crippen LogP contribution in [0.4, 0.5) is 0 Å². The minimum atomic E-state index is -0.903. The third kappa shape index (κ3) is 2.42. The second-order valence-corrected chi connectivity index (χ2v) is 5.17. The van der Waals surface area contributed by atoms with E-state index < -0.39 is 5.92 Å². The Kier molecular flexibility index (Phi) is 3.75. The number of ketones is 1. The summed E-state index contributed by atoms with van der Waals surface area (Å²) in [7, 11) is 0. The zero-order chi connectivity index (χ0) is 13.1. The molecular formula is C13H9ClN2OS. The van der Waals surface area contributed by atoms with E-state index in [0.717, 1.165) is 5.01 Å². The van der Waals surface area contributed by atoms with Crippen LogP contribution in [0.15, 0.2) is 29.6 Å². The zero-order valence-corrected chi connectivity index (χ0v) is 11.1. The number of halogens is 1. The molecule has 1 atom stereocenters. The molecule has 0 fully saturated rings. The van der Waals surface area contributed by atoms with Gasteiger partial charge in [-0.2, -0.15) is 5.26 Å². The molecule has 5 heteroatoms. The van der Waals surface area contributed by atoms with Crippen molar-refractivity contribution in [1.82, 2.24) is 4.98 Å². The van der Waals surface area contributed by atoms with E-state index >= 15 is 0 Å². The van der Waals surface area contributed by atoms with Gasteiger partial charge in [0, 0.05) is 10.4 Å². The lowest BCUT2D eigenvalue weighted by Gasteiger charge is -2.08. The van der Waals surface area contributed by atoms with Crippen LogP contribution in [0.2, 0.25) is 5.02 Å². The molecular weight excluding hydrogens is 268 g/mol. The minimum absolute atomic E-state index is 0.310. The van der Waals surface area contributed by atoms with Gasteiger partial charge in [0.2, 0.25) is 5.78 Å². The lowest BCUT2D eigenvalue weighted by atomic mass is 9.95. The molecule has 0 amide bonds. The first-order valence-corrected chi connectivity index (χ1v) is 6.49. The second kappa shape index (κ2) is 5.30. The van der Waals surface area contributed by atoms with Crippen LogP contribution >= 0.6 is 22.9 Å². The van der Waals surface area contributed by atoms with Crippen LogP contribution in [0.25, 0.3) is 0 Å². The number of benzene rings is 1. The van der Waals surface area contributed by atoms with Gasteiger partial charge in [-0.15, -0.1) is 11.3 Å². The van der Waals surface area contributed by atoms with Crippen molar-refractivity contribution in [1.29, 1.82) is 5.26 Å². The van der Waals surface area contributed by atoms with Gasteiger partial charge in [0.05, 0.1) is 11.1 Å². The fraction of sp³-hybridized carbons (Fsp3) is 0.154. The molecule has 1 unspecified atom stereocenters. The fourth-order valence-electron chi connectivity index (χ4n) is 1.60. The Hall–Kier alpha value is -1.70. The SMILES string of the molecule is Cc1nc(C(=O)C(C#N)c2ccccc2Cl)cs1. The maximum Gasteiger partial charge on any atom is 0.203 e. The number of carbonyl (C=O) groups excluding carboxylic acids is 1. The van der Waals surface area contributed by atoms with Crippen LogP contribution in [0.1, 0.15) is 27.0 Å². The van der Waals surface area contributed by atoms with Crippen LogP contribution in [0.5, 0.6) is 0 Å². The molecule has 1 heterocycles. The van der Waals surface area contributed by atoms with Crippen molar-refractivity contribution < 1.29 is 4.79 Å². The third-order valence-electron chi connectivity index (χ3n) is 2.48. The lowest BCUT2D eigenvalue weighted by molar-refractivity contribution is 0.0974. The van der Waals surface area contributed by atoms with E-state index in [1.165, 1.54) is 11.3 Å². The number of aryl methyl sites for hydroxylation is 1. The summed E-state index contributed by atoms with van der Waals surface area (Å²) in [5.74, 6) is -1.21. The number of Topliss-reactive ketones (excluding diaryl/α,β-unsaturated/α-hetero) is 1. The molecule has 0 aliphatic carbocycles. The highest BCUT2D eigenvalue weighted by molar-refractivity contribution is 7.09. The molecule has 0 saturated heterocycles. The molecule has 0 aliphatic heterocycles. The van der Waals surface area contributed by atoms with E-state index in [9.17, 15) is 10.1 Å². The number of nitrogens with zero attached hydrogens (tertiary/aromatic N) is 2. The summed E-state index contributed by atoms with van der Waals surface area (Å²) >= 11 is 7.40. The smallest absolute Gasteiger partial charge is 0.203 e. The van der Waals surface area contributed by atoms with Gasteiger partial charge in [-0.3, -0.25) is 4.79 Å². The predicted octanol–water partition coefficient (Wildman–Crippen LogP) is 3.60. The van der Waals surface area contributed by atoms with Gasteiger partial charge < -0.3 is 0 Å². The van der Waals surface area contributed by atoms with E-state index in [2.05, 4.69) is 4.98 Å². The number of carbonyl (C=O) groups is 1. The number of thiazole rings is 1. The quantitative estimate of drug-likeness (QED) is 0.805. The molecule has 18 heavy (non-hydrogen) atoms. The normalized spacial score (nSPS) is 11.8. The van der Waals surface area contributed by atoms with Gasteiger partial charge in [0.1, 0.15) is 11.6 Å². The summed E-state index contributed by atoms with van der Waals surface area (Å²) in [6, 6.07) is 8.87. The van der Waals surface area contributed by atoms with Crippen molar-refractivity contribution in [3.8, 4) is 6.07 Å². The number of nitriles is 1. The summed E-state index contributed by atoms with van der Waals surface area (Å²) in [5.41, 5.74) is 0.848. The van der Waals surface area contributed by atoms with Crippen LogP contribution in [-0.4, -0.2) is 10.8 Å². The largest absolute Gasteiger partial charge is 0.291 e. The van der Waals surface area contributed by atoms with Gasteiger partial charge in [-0.25, -0.2) is 4.98 Å². The fourth-order valence-corrected chi connectivity index (χ4v) is 2.45. The monoisotopic (exact) mass is 276 g/mol. The Labute approximate surface area is 114 Å². The summed E-state index contributed by atoms with van der Waals surface area (Å²) in [4.78, 5) is 16.3. The van der Waals surface area contributed by atoms with E-state index in [-0.39, 0.29) is 5.78 Å². The first kappa shape index (κ1) is 12.7. The molecule has 90 valence electrons. The van der Waals surface area contributed by atoms with E-state index in [0.29, 0.717) is 16.3 Å². The standard InChI is InChI=1S/C13H9ClN2OS/c1-8-16-12(7-18-8)13(17)10(6-15)9-4-2-3-5-11(9)14/h2-5,7,10H,1H3. The zero-order valence-electron chi connectivity index (χ0n) is 9.55. The Morgan fingerprint density at radius 1 is 1.50 bits per heavy atom. The molecule has 1 aromatic heterocycles. The maximum atomic E-state index is 12.2. The van der Waals surface area contributed by atoms with Gasteiger partial charge in [0.25, 0.3) is 0 Å².